The topological polar surface area (TPSA) is 24.8 Å². The number of rotatable bonds is 2. The van der Waals surface area contributed by atoms with E-state index < -0.39 is 0 Å². The zero-order chi connectivity index (χ0) is 9.31. The van der Waals surface area contributed by atoms with E-state index in [1.807, 2.05) is 0 Å². The Labute approximate surface area is 83.7 Å². The number of piperidine rings is 1. The molecular weight excluding hydrogens is 188 g/mol. The quantitative estimate of drug-likeness (QED) is 0.503. The van der Waals surface area contributed by atoms with Gasteiger partial charge in [-0.2, -0.15) is 0 Å². The van der Waals surface area contributed by atoms with Crippen LogP contribution in [0, 0.1) is 5.41 Å². The van der Waals surface area contributed by atoms with E-state index in [2.05, 4.69) is 10.1 Å². The second-order valence-electron chi connectivity index (χ2n) is 3.97. The molecule has 2 atom stereocenters. The summed E-state index contributed by atoms with van der Waals surface area (Å²) in [5, 5.41) is 4.54. The SMILES string of the molecule is CO/N=C(/Cl)C12CCCN(CC1)C2. The Morgan fingerprint density at radius 2 is 2.31 bits per heavy atom. The van der Waals surface area contributed by atoms with Gasteiger partial charge in [-0.05, 0) is 32.4 Å². The van der Waals surface area contributed by atoms with Crippen LogP contribution in [-0.2, 0) is 4.84 Å². The van der Waals surface area contributed by atoms with Crippen LogP contribution in [0.1, 0.15) is 19.3 Å². The van der Waals surface area contributed by atoms with Crippen molar-refractivity contribution in [2.24, 2.45) is 10.6 Å². The van der Waals surface area contributed by atoms with Crippen LogP contribution in [0.25, 0.3) is 0 Å². The van der Waals surface area contributed by atoms with E-state index in [-0.39, 0.29) is 5.41 Å². The molecule has 2 rings (SSSR count). The molecule has 2 saturated heterocycles. The largest absolute Gasteiger partial charge is 0.398 e. The lowest BCUT2D eigenvalue weighted by Crippen LogP contribution is -2.37. The summed E-state index contributed by atoms with van der Waals surface area (Å²) in [5.74, 6) is 0. The number of oxime groups is 1. The van der Waals surface area contributed by atoms with Crippen molar-refractivity contribution in [1.29, 1.82) is 0 Å². The first kappa shape index (κ1) is 9.28. The van der Waals surface area contributed by atoms with E-state index in [0.29, 0.717) is 5.17 Å². The van der Waals surface area contributed by atoms with Crippen molar-refractivity contribution in [1.82, 2.24) is 4.90 Å². The van der Waals surface area contributed by atoms with Gasteiger partial charge < -0.3 is 9.74 Å². The maximum atomic E-state index is 6.14. The average Bonchev–Trinajstić information content (AvgIpc) is 2.44. The van der Waals surface area contributed by atoms with Gasteiger partial charge in [0.25, 0.3) is 0 Å². The van der Waals surface area contributed by atoms with Crippen LogP contribution < -0.4 is 0 Å². The highest BCUT2D eigenvalue weighted by Gasteiger charge is 2.44. The minimum atomic E-state index is 0.121. The highest BCUT2D eigenvalue weighted by molar-refractivity contribution is 6.66. The van der Waals surface area contributed by atoms with Crippen molar-refractivity contribution in [3.63, 3.8) is 0 Å². The summed E-state index contributed by atoms with van der Waals surface area (Å²) in [6.45, 7) is 3.45. The van der Waals surface area contributed by atoms with E-state index in [1.54, 1.807) is 7.11 Å². The summed E-state index contributed by atoms with van der Waals surface area (Å²) in [6.07, 6.45) is 3.53. The smallest absolute Gasteiger partial charge is 0.152 e. The van der Waals surface area contributed by atoms with E-state index in [0.717, 1.165) is 25.9 Å². The van der Waals surface area contributed by atoms with Crippen molar-refractivity contribution in [3.05, 3.63) is 0 Å². The molecule has 0 amide bonds. The van der Waals surface area contributed by atoms with Gasteiger partial charge in [-0.1, -0.05) is 16.8 Å². The van der Waals surface area contributed by atoms with Crippen molar-refractivity contribution in [3.8, 4) is 0 Å². The van der Waals surface area contributed by atoms with Crippen molar-refractivity contribution in [2.45, 2.75) is 19.3 Å². The van der Waals surface area contributed by atoms with Crippen LogP contribution in [0.15, 0.2) is 5.16 Å². The van der Waals surface area contributed by atoms with Crippen LogP contribution in [0.2, 0.25) is 0 Å². The Morgan fingerprint density at radius 3 is 3.08 bits per heavy atom. The van der Waals surface area contributed by atoms with Crippen LogP contribution in [0.4, 0.5) is 0 Å². The second-order valence-corrected chi connectivity index (χ2v) is 4.33. The lowest BCUT2D eigenvalue weighted by Gasteiger charge is -2.31. The number of hydrogen-bond acceptors (Lipinski definition) is 3. The summed E-state index contributed by atoms with van der Waals surface area (Å²) in [6, 6.07) is 0. The van der Waals surface area contributed by atoms with Gasteiger partial charge >= 0.3 is 0 Å². The number of fused-ring (bicyclic) bond motifs is 2. The van der Waals surface area contributed by atoms with Gasteiger partial charge in [0.1, 0.15) is 7.11 Å². The third-order valence-electron chi connectivity index (χ3n) is 3.17. The first-order valence-corrected chi connectivity index (χ1v) is 5.14. The van der Waals surface area contributed by atoms with Gasteiger partial charge in [-0.25, -0.2) is 0 Å². The molecule has 2 aliphatic heterocycles. The first-order valence-electron chi connectivity index (χ1n) is 4.76. The summed E-state index contributed by atoms with van der Waals surface area (Å²) in [7, 11) is 1.55. The lowest BCUT2D eigenvalue weighted by atomic mass is 9.82. The minimum Gasteiger partial charge on any atom is -0.398 e. The van der Waals surface area contributed by atoms with Gasteiger partial charge in [0.15, 0.2) is 5.17 Å². The van der Waals surface area contributed by atoms with Crippen LogP contribution in [0.5, 0.6) is 0 Å². The summed E-state index contributed by atoms with van der Waals surface area (Å²) in [5.41, 5.74) is 0.121. The monoisotopic (exact) mass is 202 g/mol. The molecule has 0 spiro atoms. The molecule has 2 bridgehead atoms. The maximum Gasteiger partial charge on any atom is 0.152 e. The molecule has 4 heteroatoms. The molecule has 0 aromatic rings. The molecule has 3 nitrogen and oxygen atoms in total. The zero-order valence-electron chi connectivity index (χ0n) is 7.92. The number of nitrogens with zero attached hydrogens (tertiary/aromatic N) is 2. The molecule has 0 radical (unpaired) electrons. The highest BCUT2D eigenvalue weighted by atomic mass is 35.5. The summed E-state index contributed by atoms with van der Waals surface area (Å²) < 4.78 is 0. The third kappa shape index (κ3) is 1.55. The summed E-state index contributed by atoms with van der Waals surface area (Å²) >= 11 is 6.14. The van der Waals surface area contributed by atoms with Gasteiger partial charge in [-0.3, -0.25) is 0 Å². The Kier molecular flexibility index (Phi) is 2.47. The fourth-order valence-electron chi connectivity index (χ4n) is 2.44. The molecule has 2 heterocycles. The summed E-state index contributed by atoms with van der Waals surface area (Å²) in [4.78, 5) is 7.20. The molecule has 0 aromatic carbocycles. The van der Waals surface area contributed by atoms with Crippen LogP contribution in [0.3, 0.4) is 0 Å². The third-order valence-corrected chi connectivity index (χ3v) is 3.64. The lowest BCUT2D eigenvalue weighted by molar-refractivity contribution is 0.199. The second kappa shape index (κ2) is 3.46. The van der Waals surface area contributed by atoms with Crippen molar-refractivity contribution >= 4 is 16.8 Å². The minimum absolute atomic E-state index is 0.121. The fraction of sp³-hybridized carbons (Fsp3) is 0.889. The van der Waals surface area contributed by atoms with Gasteiger partial charge in [-0.15, -0.1) is 0 Å². The normalized spacial score (nSPS) is 39.2. The molecule has 13 heavy (non-hydrogen) atoms. The van der Waals surface area contributed by atoms with E-state index in [9.17, 15) is 0 Å². The van der Waals surface area contributed by atoms with Crippen molar-refractivity contribution < 1.29 is 4.84 Å². The molecular formula is C9H15ClN2O. The predicted molar refractivity (Wildman–Crippen MR) is 53.0 cm³/mol. The molecule has 0 saturated carbocycles. The number of halogens is 1. The molecule has 2 aliphatic rings. The van der Waals surface area contributed by atoms with E-state index in [4.69, 9.17) is 16.4 Å². The van der Waals surface area contributed by atoms with E-state index in [1.165, 1.54) is 13.0 Å². The maximum absolute atomic E-state index is 6.14. The van der Waals surface area contributed by atoms with Crippen LogP contribution in [-0.4, -0.2) is 36.8 Å². The molecule has 74 valence electrons. The Hall–Kier alpha value is -0.280. The standard InChI is InChI=1S/C9H15ClN2O/c1-13-11-8(10)9-3-2-5-12(7-9)6-4-9/h2-7H2,1H3/b11-8+. The molecule has 0 N–H and O–H groups in total. The van der Waals surface area contributed by atoms with Gasteiger partial charge in [0.05, 0.1) is 0 Å². The van der Waals surface area contributed by atoms with Crippen molar-refractivity contribution in [2.75, 3.05) is 26.7 Å². The Balaban J connectivity index is 2.15. The average molecular weight is 203 g/mol. The predicted octanol–water partition coefficient (Wildman–Crippen LogP) is 1.67. The molecule has 2 unspecified atom stereocenters. The Bertz CT molecular complexity index is 228. The first-order chi connectivity index (χ1) is 6.27. The van der Waals surface area contributed by atoms with Gasteiger partial charge in [0.2, 0.25) is 0 Å². The highest BCUT2D eigenvalue weighted by Crippen LogP contribution is 2.41. The molecule has 0 aliphatic carbocycles. The zero-order valence-corrected chi connectivity index (χ0v) is 8.68. The fourth-order valence-corrected chi connectivity index (χ4v) is 2.76. The van der Waals surface area contributed by atoms with E-state index >= 15 is 0 Å². The molecule has 0 aromatic heterocycles. The molecule has 2 fully saturated rings. The Morgan fingerprint density at radius 1 is 1.46 bits per heavy atom. The van der Waals surface area contributed by atoms with Crippen LogP contribution >= 0.6 is 11.6 Å². The number of hydrogen-bond donors (Lipinski definition) is 0. The van der Waals surface area contributed by atoms with Gasteiger partial charge in [0, 0.05) is 12.0 Å².